The Bertz CT molecular complexity index is 255. The average molecular weight is 202 g/mol. The SMILES string of the molecule is CC(CCO)Sc1ncc(F)cn1. The lowest BCUT2D eigenvalue weighted by Crippen LogP contribution is -2.00. The summed E-state index contributed by atoms with van der Waals surface area (Å²) in [6.07, 6.45) is 2.97. The lowest BCUT2D eigenvalue weighted by molar-refractivity contribution is 0.289. The number of nitrogens with zero attached hydrogens (tertiary/aromatic N) is 2. The minimum absolute atomic E-state index is 0.148. The Hall–Kier alpha value is -0.680. The van der Waals surface area contributed by atoms with Crippen LogP contribution < -0.4 is 0 Å². The molecule has 0 aromatic carbocycles. The molecular weight excluding hydrogens is 191 g/mol. The maximum absolute atomic E-state index is 12.4. The van der Waals surface area contributed by atoms with Crippen molar-refractivity contribution in [1.29, 1.82) is 0 Å². The maximum atomic E-state index is 12.4. The van der Waals surface area contributed by atoms with Crippen molar-refractivity contribution in [3.8, 4) is 0 Å². The molecule has 1 N–H and O–H groups in total. The molecule has 0 spiro atoms. The minimum atomic E-state index is -0.431. The van der Waals surface area contributed by atoms with Gasteiger partial charge in [0.25, 0.3) is 0 Å². The molecule has 1 heterocycles. The molecule has 3 nitrogen and oxygen atoms in total. The number of aliphatic hydroxyl groups excluding tert-OH is 1. The Balaban J connectivity index is 2.49. The van der Waals surface area contributed by atoms with Crippen LogP contribution in [0.25, 0.3) is 0 Å². The van der Waals surface area contributed by atoms with Gasteiger partial charge in [-0.25, -0.2) is 14.4 Å². The van der Waals surface area contributed by atoms with Gasteiger partial charge in [-0.2, -0.15) is 0 Å². The molecule has 1 unspecified atom stereocenters. The van der Waals surface area contributed by atoms with Gasteiger partial charge < -0.3 is 5.11 Å². The lowest BCUT2D eigenvalue weighted by atomic mass is 10.4. The summed E-state index contributed by atoms with van der Waals surface area (Å²) in [6, 6.07) is 0. The predicted octanol–water partition coefficient (Wildman–Crippen LogP) is 1.48. The Labute approximate surface area is 80.4 Å². The van der Waals surface area contributed by atoms with Gasteiger partial charge in [0, 0.05) is 11.9 Å². The molecule has 72 valence electrons. The van der Waals surface area contributed by atoms with Crippen molar-refractivity contribution in [1.82, 2.24) is 9.97 Å². The van der Waals surface area contributed by atoms with Crippen molar-refractivity contribution in [2.75, 3.05) is 6.61 Å². The van der Waals surface area contributed by atoms with E-state index in [2.05, 4.69) is 9.97 Å². The van der Waals surface area contributed by atoms with Crippen LogP contribution in [0.15, 0.2) is 17.6 Å². The number of aromatic nitrogens is 2. The van der Waals surface area contributed by atoms with Crippen LogP contribution in [-0.4, -0.2) is 26.9 Å². The van der Waals surface area contributed by atoms with E-state index in [9.17, 15) is 4.39 Å². The van der Waals surface area contributed by atoms with E-state index in [1.54, 1.807) is 0 Å². The number of thioether (sulfide) groups is 1. The van der Waals surface area contributed by atoms with E-state index in [0.717, 1.165) is 12.4 Å². The molecule has 0 aliphatic heterocycles. The van der Waals surface area contributed by atoms with E-state index in [0.29, 0.717) is 11.6 Å². The summed E-state index contributed by atoms with van der Waals surface area (Å²) >= 11 is 1.43. The minimum Gasteiger partial charge on any atom is -0.396 e. The zero-order chi connectivity index (χ0) is 9.68. The fourth-order valence-electron chi connectivity index (χ4n) is 0.782. The zero-order valence-corrected chi connectivity index (χ0v) is 8.09. The fraction of sp³-hybridized carbons (Fsp3) is 0.500. The van der Waals surface area contributed by atoms with Gasteiger partial charge >= 0.3 is 0 Å². The molecule has 0 saturated heterocycles. The normalized spacial score (nSPS) is 12.8. The molecule has 0 amide bonds. The Morgan fingerprint density at radius 3 is 2.69 bits per heavy atom. The molecule has 0 radical (unpaired) electrons. The molecule has 1 aromatic heterocycles. The van der Waals surface area contributed by atoms with Gasteiger partial charge in [-0.1, -0.05) is 18.7 Å². The summed E-state index contributed by atoms with van der Waals surface area (Å²) in [5.41, 5.74) is 0. The van der Waals surface area contributed by atoms with Gasteiger partial charge in [-0.15, -0.1) is 0 Å². The van der Waals surface area contributed by atoms with Gasteiger partial charge in [0.05, 0.1) is 12.4 Å². The van der Waals surface area contributed by atoms with Crippen molar-refractivity contribution in [3.05, 3.63) is 18.2 Å². The van der Waals surface area contributed by atoms with E-state index in [1.165, 1.54) is 11.8 Å². The lowest BCUT2D eigenvalue weighted by Gasteiger charge is -2.06. The second kappa shape index (κ2) is 5.14. The average Bonchev–Trinajstić information content (AvgIpc) is 2.09. The Morgan fingerprint density at radius 2 is 2.15 bits per heavy atom. The van der Waals surface area contributed by atoms with E-state index < -0.39 is 5.82 Å². The molecule has 1 atom stereocenters. The summed E-state index contributed by atoms with van der Waals surface area (Å²) in [6.45, 7) is 2.11. The summed E-state index contributed by atoms with van der Waals surface area (Å²) in [7, 11) is 0. The number of halogens is 1. The summed E-state index contributed by atoms with van der Waals surface area (Å²) in [5.74, 6) is -0.431. The van der Waals surface area contributed by atoms with Crippen molar-refractivity contribution < 1.29 is 9.50 Å². The topological polar surface area (TPSA) is 46.0 Å². The molecule has 0 saturated carbocycles. The predicted molar refractivity (Wildman–Crippen MR) is 49.0 cm³/mol. The monoisotopic (exact) mass is 202 g/mol. The first-order valence-corrected chi connectivity index (χ1v) is 4.85. The van der Waals surface area contributed by atoms with Crippen LogP contribution in [0, 0.1) is 5.82 Å². The maximum Gasteiger partial charge on any atom is 0.187 e. The fourth-order valence-corrected chi connectivity index (χ4v) is 1.59. The third kappa shape index (κ3) is 3.69. The molecule has 13 heavy (non-hydrogen) atoms. The van der Waals surface area contributed by atoms with E-state index >= 15 is 0 Å². The largest absolute Gasteiger partial charge is 0.396 e. The summed E-state index contributed by atoms with van der Waals surface area (Å²) in [4.78, 5) is 7.59. The van der Waals surface area contributed by atoms with Crippen LogP contribution in [0.5, 0.6) is 0 Å². The number of hydrogen-bond acceptors (Lipinski definition) is 4. The highest BCUT2D eigenvalue weighted by molar-refractivity contribution is 7.99. The standard InChI is InChI=1S/C8H11FN2OS/c1-6(2-3-12)13-8-10-4-7(9)5-11-8/h4-6,12H,2-3H2,1H3. The van der Waals surface area contributed by atoms with Crippen molar-refractivity contribution >= 4 is 11.8 Å². The van der Waals surface area contributed by atoms with Crippen LogP contribution >= 0.6 is 11.8 Å². The third-order valence-electron chi connectivity index (χ3n) is 1.44. The second-order valence-corrected chi connectivity index (χ2v) is 4.03. The van der Waals surface area contributed by atoms with Crippen molar-refractivity contribution in [2.24, 2.45) is 0 Å². The molecule has 0 aliphatic carbocycles. The van der Waals surface area contributed by atoms with E-state index in [1.807, 2.05) is 6.92 Å². The van der Waals surface area contributed by atoms with Crippen LogP contribution in [0.1, 0.15) is 13.3 Å². The van der Waals surface area contributed by atoms with Gasteiger partial charge in [0.2, 0.25) is 0 Å². The zero-order valence-electron chi connectivity index (χ0n) is 7.27. The van der Waals surface area contributed by atoms with Crippen molar-refractivity contribution in [3.63, 3.8) is 0 Å². The molecule has 0 aliphatic rings. The third-order valence-corrected chi connectivity index (χ3v) is 2.50. The number of hydrogen-bond donors (Lipinski definition) is 1. The molecule has 0 fully saturated rings. The summed E-state index contributed by atoms with van der Waals surface area (Å²) < 4.78 is 12.4. The molecule has 1 aromatic rings. The van der Waals surface area contributed by atoms with Crippen LogP contribution in [-0.2, 0) is 0 Å². The number of aliphatic hydroxyl groups is 1. The summed E-state index contributed by atoms with van der Waals surface area (Å²) in [5, 5.41) is 9.43. The van der Waals surface area contributed by atoms with Gasteiger partial charge in [-0.3, -0.25) is 0 Å². The van der Waals surface area contributed by atoms with Gasteiger partial charge in [0.15, 0.2) is 11.0 Å². The number of rotatable bonds is 4. The van der Waals surface area contributed by atoms with Crippen LogP contribution in [0.3, 0.4) is 0 Å². The highest BCUT2D eigenvalue weighted by atomic mass is 32.2. The Kier molecular flexibility index (Phi) is 4.11. The molecule has 1 rings (SSSR count). The van der Waals surface area contributed by atoms with Gasteiger partial charge in [0.1, 0.15) is 0 Å². The van der Waals surface area contributed by atoms with Crippen molar-refractivity contribution in [2.45, 2.75) is 23.8 Å². The Morgan fingerprint density at radius 1 is 1.54 bits per heavy atom. The molecule has 0 bridgehead atoms. The quantitative estimate of drug-likeness (QED) is 0.593. The molecule has 5 heteroatoms. The highest BCUT2D eigenvalue weighted by Gasteiger charge is 2.05. The van der Waals surface area contributed by atoms with E-state index in [4.69, 9.17) is 5.11 Å². The van der Waals surface area contributed by atoms with Gasteiger partial charge in [-0.05, 0) is 6.42 Å². The smallest absolute Gasteiger partial charge is 0.187 e. The van der Waals surface area contributed by atoms with E-state index in [-0.39, 0.29) is 11.9 Å². The first-order valence-electron chi connectivity index (χ1n) is 3.97. The first kappa shape index (κ1) is 10.4. The second-order valence-electron chi connectivity index (χ2n) is 2.62. The highest BCUT2D eigenvalue weighted by Crippen LogP contribution is 2.20. The first-order chi connectivity index (χ1) is 6.22. The molecular formula is C8H11FN2OS. The van der Waals surface area contributed by atoms with Crippen LogP contribution in [0.4, 0.5) is 4.39 Å². The van der Waals surface area contributed by atoms with Crippen LogP contribution in [0.2, 0.25) is 0 Å².